The molecule has 2 nitrogen and oxygen atoms in total. The average molecular weight is 285 g/mol. The Bertz CT molecular complexity index is 404. The van der Waals surface area contributed by atoms with Crippen LogP contribution < -0.4 is 5.32 Å². The van der Waals surface area contributed by atoms with Crippen molar-refractivity contribution >= 4 is 21.7 Å². The van der Waals surface area contributed by atoms with Crippen LogP contribution in [0.15, 0.2) is 28.4 Å². The third-order valence-electron chi connectivity index (χ3n) is 2.68. The van der Waals surface area contributed by atoms with Crippen molar-refractivity contribution in [3.63, 3.8) is 0 Å². The van der Waals surface area contributed by atoms with E-state index in [-0.39, 0.29) is 5.82 Å². The summed E-state index contributed by atoms with van der Waals surface area (Å²) in [4.78, 5) is 3.99. The number of anilines is 1. The number of rotatable bonds is 4. The SMILES string of the molecule is Fc1cc(Br)cnc1NCCC1=CCCC1. The van der Waals surface area contributed by atoms with E-state index in [1.807, 2.05) is 0 Å². The highest BCUT2D eigenvalue weighted by atomic mass is 79.9. The summed E-state index contributed by atoms with van der Waals surface area (Å²) in [6.07, 6.45) is 8.52. The second kappa shape index (κ2) is 5.43. The molecule has 0 amide bonds. The van der Waals surface area contributed by atoms with Crippen molar-refractivity contribution in [3.05, 3.63) is 34.2 Å². The van der Waals surface area contributed by atoms with Crippen LogP contribution in [0.5, 0.6) is 0 Å². The zero-order valence-corrected chi connectivity index (χ0v) is 10.6. The molecule has 0 aromatic carbocycles. The molecule has 0 bridgehead atoms. The molecule has 2 rings (SSSR count). The highest BCUT2D eigenvalue weighted by molar-refractivity contribution is 9.10. The third kappa shape index (κ3) is 3.04. The van der Waals surface area contributed by atoms with E-state index < -0.39 is 0 Å². The van der Waals surface area contributed by atoms with Crippen LogP contribution in [0.1, 0.15) is 25.7 Å². The van der Waals surface area contributed by atoms with Crippen molar-refractivity contribution in [2.24, 2.45) is 0 Å². The molecule has 1 heterocycles. The molecule has 0 saturated heterocycles. The van der Waals surface area contributed by atoms with E-state index in [2.05, 4.69) is 32.3 Å². The van der Waals surface area contributed by atoms with Gasteiger partial charge in [-0.15, -0.1) is 0 Å². The fourth-order valence-corrected chi connectivity index (χ4v) is 2.15. The molecule has 1 aromatic rings. The van der Waals surface area contributed by atoms with Gasteiger partial charge in [0, 0.05) is 17.2 Å². The number of allylic oxidation sites excluding steroid dienone is 1. The summed E-state index contributed by atoms with van der Waals surface area (Å²) in [5, 5.41) is 3.02. The number of nitrogens with zero attached hydrogens (tertiary/aromatic N) is 1. The summed E-state index contributed by atoms with van der Waals surface area (Å²) < 4.78 is 14.0. The Morgan fingerprint density at radius 2 is 2.38 bits per heavy atom. The molecular formula is C12H14BrFN2. The molecule has 0 aliphatic heterocycles. The molecule has 0 saturated carbocycles. The Morgan fingerprint density at radius 1 is 1.50 bits per heavy atom. The summed E-state index contributed by atoms with van der Waals surface area (Å²) >= 11 is 3.18. The van der Waals surface area contributed by atoms with Gasteiger partial charge in [0.1, 0.15) is 0 Å². The van der Waals surface area contributed by atoms with E-state index in [1.165, 1.54) is 30.9 Å². The molecule has 1 aromatic heterocycles. The average Bonchev–Trinajstić information content (AvgIpc) is 2.74. The highest BCUT2D eigenvalue weighted by Gasteiger charge is 2.06. The van der Waals surface area contributed by atoms with Crippen molar-refractivity contribution in [2.45, 2.75) is 25.7 Å². The fraction of sp³-hybridized carbons (Fsp3) is 0.417. The van der Waals surface area contributed by atoms with Gasteiger partial charge in [0.2, 0.25) is 0 Å². The first-order valence-corrected chi connectivity index (χ1v) is 6.28. The van der Waals surface area contributed by atoms with Crippen LogP contribution in [0.25, 0.3) is 0 Å². The molecule has 16 heavy (non-hydrogen) atoms. The number of aromatic nitrogens is 1. The molecule has 0 fully saturated rings. The Morgan fingerprint density at radius 3 is 3.06 bits per heavy atom. The van der Waals surface area contributed by atoms with Crippen molar-refractivity contribution in [2.75, 3.05) is 11.9 Å². The lowest BCUT2D eigenvalue weighted by atomic mass is 10.2. The van der Waals surface area contributed by atoms with Gasteiger partial charge in [0.05, 0.1) is 0 Å². The first kappa shape index (κ1) is 11.6. The lowest BCUT2D eigenvalue weighted by Gasteiger charge is -2.07. The van der Waals surface area contributed by atoms with Gasteiger partial charge in [-0.1, -0.05) is 11.6 Å². The van der Waals surface area contributed by atoms with Gasteiger partial charge in [-0.3, -0.25) is 0 Å². The van der Waals surface area contributed by atoms with Crippen molar-refractivity contribution < 1.29 is 4.39 Å². The quantitative estimate of drug-likeness (QED) is 0.849. The molecular weight excluding hydrogens is 271 g/mol. The number of pyridine rings is 1. The van der Waals surface area contributed by atoms with Gasteiger partial charge in [0.25, 0.3) is 0 Å². The zero-order valence-electron chi connectivity index (χ0n) is 8.97. The van der Waals surface area contributed by atoms with E-state index in [1.54, 1.807) is 6.20 Å². The predicted molar refractivity (Wildman–Crippen MR) is 66.9 cm³/mol. The largest absolute Gasteiger partial charge is 0.367 e. The lowest BCUT2D eigenvalue weighted by Crippen LogP contribution is -2.05. The lowest BCUT2D eigenvalue weighted by molar-refractivity contribution is 0.623. The van der Waals surface area contributed by atoms with E-state index in [4.69, 9.17) is 0 Å². The maximum absolute atomic E-state index is 13.4. The standard InChI is InChI=1S/C12H14BrFN2/c13-10-7-11(14)12(16-8-10)15-6-5-9-3-1-2-4-9/h3,7-8H,1-2,4-6H2,(H,15,16). The normalized spacial score (nSPS) is 15.0. The van der Waals surface area contributed by atoms with Crippen molar-refractivity contribution in [1.29, 1.82) is 0 Å². The minimum absolute atomic E-state index is 0.310. The van der Waals surface area contributed by atoms with Gasteiger partial charge in [-0.25, -0.2) is 9.37 Å². The number of nitrogens with one attached hydrogen (secondary N) is 1. The number of hydrogen-bond donors (Lipinski definition) is 1. The van der Waals surface area contributed by atoms with E-state index in [0.717, 1.165) is 13.0 Å². The van der Waals surface area contributed by atoms with Gasteiger partial charge in [-0.05, 0) is 47.7 Å². The minimum Gasteiger partial charge on any atom is -0.367 e. The van der Waals surface area contributed by atoms with E-state index >= 15 is 0 Å². The molecule has 0 spiro atoms. The zero-order chi connectivity index (χ0) is 11.4. The maximum Gasteiger partial charge on any atom is 0.166 e. The number of hydrogen-bond acceptors (Lipinski definition) is 2. The van der Waals surface area contributed by atoms with Crippen molar-refractivity contribution in [3.8, 4) is 0 Å². The second-order valence-electron chi connectivity index (χ2n) is 3.92. The predicted octanol–water partition coefficient (Wildman–Crippen LogP) is 3.90. The van der Waals surface area contributed by atoms with Crippen LogP contribution in [0.2, 0.25) is 0 Å². The minimum atomic E-state index is -0.310. The molecule has 0 unspecified atom stereocenters. The molecule has 0 atom stereocenters. The van der Waals surface area contributed by atoms with E-state index in [9.17, 15) is 4.39 Å². The third-order valence-corrected chi connectivity index (χ3v) is 3.12. The second-order valence-corrected chi connectivity index (χ2v) is 4.83. The maximum atomic E-state index is 13.4. The van der Waals surface area contributed by atoms with Gasteiger partial charge in [0.15, 0.2) is 11.6 Å². The van der Waals surface area contributed by atoms with Gasteiger partial charge in [-0.2, -0.15) is 0 Å². The molecule has 4 heteroatoms. The summed E-state index contributed by atoms with van der Waals surface area (Å²) in [6, 6.07) is 1.42. The fourth-order valence-electron chi connectivity index (χ4n) is 1.85. The van der Waals surface area contributed by atoms with E-state index in [0.29, 0.717) is 10.3 Å². The Kier molecular flexibility index (Phi) is 3.93. The summed E-state index contributed by atoms with van der Waals surface area (Å²) in [7, 11) is 0. The Labute approximate surface area is 103 Å². The van der Waals surface area contributed by atoms with Crippen LogP contribution in [-0.4, -0.2) is 11.5 Å². The van der Waals surface area contributed by atoms with Gasteiger partial charge >= 0.3 is 0 Å². The molecule has 86 valence electrons. The molecule has 1 N–H and O–H groups in total. The topological polar surface area (TPSA) is 24.9 Å². The smallest absolute Gasteiger partial charge is 0.166 e. The van der Waals surface area contributed by atoms with Crippen LogP contribution in [-0.2, 0) is 0 Å². The first-order valence-electron chi connectivity index (χ1n) is 5.48. The first-order chi connectivity index (χ1) is 7.75. The van der Waals surface area contributed by atoms with Crippen LogP contribution in [0.3, 0.4) is 0 Å². The Hall–Kier alpha value is -0.900. The van der Waals surface area contributed by atoms with Gasteiger partial charge < -0.3 is 5.32 Å². The van der Waals surface area contributed by atoms with Crippen LogP contribution >= 0.6 is 15.9 Å². The highest BCUT2D eigenvalue weighted by Crippen LogP contribution is 2.21. The monoisotopic (exact) mass is 284 g/mol. The molecule has 1 aliphatic carbocycles. The Balaban J connectivity index is 1.84. The summed E-state index contributed by atoms with van der Waals surface area (Å²) in [5.74, 6) is 0.0246. The number of halogens is 2. The molecule has 0 radical (unpaired) electrons. The van der Waals surface area contributed by atoms with Crippen molar-refractivity contribution in [1.82, 2.24) is 4.98 Å². The summed E-state index contributed by atoms with van der Waals surface area (Å²) in [5.41, 5.74) is 1.48. The van der Waals surface area contributed by atoms with Crippen LogP contribution in [0.4, 0.5) is 10.2 Å². The molecule has 1 aliphatic rings. The summed E-state index contributed by atoms with van der Waals surface area (Å²) in [6.45, 7) is 0.747. The van der Waals surface area contributed by atoms with Crippen LogP contribution in [0, 0.1) is 5.82 Å².